The van der Waals surface area contributed by atoms with Gasteiger partial charge in [0.1, 0.15) is 6.10 Å². The Bertz CT molecular complexity index is 284. The minimum Gasteiger partial charge on any atom is -0.375 e. The van der Waals surface area contributed by atoms with Gasteiger partial charge < -0.3 is 10.1 Å². The molecule has 0 bridgehead atoms. The predicted molar refractivity (Wildman–Crippen MR) is 63.9 cm³/mol. The monoisotopic (exact) mass is 205 g/mol. The van der Waals surface area contributed by atoms with E-state index in [1.165, 1.54) is 5.56 Å². The summed E-state index contributed by atoms with van der Waals surface area (Å²) in [7, 11) is 1.73. The van der Waals surface area contributed by atoms with Crippen molar-refractivity contribution in [1.82, 2.24) is 5.32 Å². The van der Waals surface area contributed by atoms with Crippen molar-refractivity contribution in [2.75, 3.05) is 13.7 Å². The minimum atomic E-state index is 0.0312. The topological polar surface area (TPSA) is 21.3 Å². The van der Waals surface area contributed by atoms with Crippen LogP contribution in [0.25, 0.3) is 0 Å². The van der Waals surface area contributed by atoms with Crippen molar-refractivity contribution in [2.45, 2.75) is 19.1 Å². The Morgan fingerprint density at radius 1 is 1.40 bits per heavy atom. The molecule has 1 aromatic rings. The van der Waals surface area contributed by atoms with Crippen molar-refractivity contribution >= 4 is 0 Å². The summed E-state index contributed by atoms with van der Waals surface area (Å²) in [6, 6.07) is 10.3. The zero-order valence-electron chi connectivity index (χ0n) is 9.44. The first-order valence-electron chi connectivity index (χ1n) is 5.27. The fraction of sp³-hybridized carbons (Fsp3) is 0.385. The molecule has 0 saturated heterocycles. The summed E-state index contributed by atoms with van der Waals surface area (Å²) in [5, 5.41) is 3.34. The number of methoxy groups -OCH3 is 1. The molecule has 0 saturated carbocycles. The van der Waals surface area contributed by atoms with E-state index in [4.69, 9.17) is 4.74 Å². The first kappa shape index (κ1) is 12.0. The Morgan fingerprint density at radius 3 is 2.53 bits per heavy atom. The van der Waals surface area contributed by atoms with Gasteiger partial charge in [0, 0.05) is 7.11 Å². The molecule has 2 unspecified atom stereocenters. The highest BCUT2D eigenvalue weighted by atomic mass is 16.5. The van der Waals surface area contributed by atoms with Gasteiger partial charge in [-0.2, -0.15) is 0 Å². The van der Waals surface area contributed by atoms with Gasteiger partial charge in [-0.05, 0) is 12.1 Å². The molecule has 0 aromatic heterocycles. The van der Waals surface area contributed by atoms with Gasteiger partial charge in [0.15, 0.2) is 0 Å². The van der Waals surface area contributed by atoms with E-state index in [0.29, 0.717) is 0 Å². The van der Waals surface area contributed by atoms with E-state index >= 15 is 0 Å². The van der Waals surface area contributed by atoms with E-state index in [9.17, 15) is 0 Å². The SMILES string of the molecule is C=CC(NCC)C(OC)c1ccccc1. The molecule has 0 spiro atoms. The summed E-state index contributed by atoms with van der Waals surface area (Å²) < 4.78 is 5.51. The van der Waals surface area contributed by atoms with Crippen molar-refractivity contribution in [3.05, 3.63) is 48.6 Å². The Balaban J connectivity index is 2.82. The normalized spacial score (nSPS) is 14.5. The number of rotatable bonds is 6. The lowest BCUT2D eigenvalue weighted by molar-refractivity contribution is 0.0825. The Labute approximate surface area is 92.0 Å². The van der Waals surface area contributed by atoms with Crippen LogP contribution < -0.4 is 5.32 Å². The average molecular weight is 205 g/mol. The number of ether oxygens (including phenoxy) is 1. The van der Waals surface area contributed by atoms with Crippen molar-refractivity contribution in [1.29, 1.82) is 0 Å². The molecule has 0 aliphatic heterocycles. The molecule has 0 fully saturated rings. The molecule has 1 N–H and O–H groups in total. The van der Waals surface area contributed by atoms with E-state index in [-0.39, 0.29) is 12.1 Å². The molecule has 2 nitrogen and oxygen atoms in total. The van der Waals surface area contributed by atoms with Crippen LogP contribution in [0.2, 0.25) is 0 Å². The highest BCUT2D eigenvalue weighted by Gasteiger charge is 2.18. The third-order valence-electron chi connectivity index (χ3n) is 2.40. The molecule has 2 atom stereocenters. The van der Waals surface area contributed by atoms with Crippen molar-refractivity contribution < 1.29 is 4.74 Å². The van der Waals surface area contributed by atoms with E-state index < -0.39 is 0 Å². The standard InChI is InChI=1S/C13H19NO/c1-4-12(14-5-2)13(15-3)11-9-7-6-8-10-11/h4,6-10,12-14H,1,5H2,2-3H3. The summed E-state index contributed by atoms with van der Waals surface area (Å²) in [5.74, 6) is 0. The smallest absolute Gasteiger partial charge is 0.101 e. The number of nitrogens with one attached hydrogen (secondary N) is 1. The second kappa shape index (κ2) is 6.38. The quantitative estimate of drug-likeness (QED) is 0.721. The largest absolute Gasteiger partial charge is 0.375 e. The molecule has 2 heteroatoms. The highest BCUT2D eigenvalue weighted by molar-refractivity contribution is 5.20. The lowest BCUT2D eigenvalue weighted by Gasteiger charge is -2.24. The van der Waals surface area contributed by atoms with Crippen molar-refractivity contribution in [2.24, 2.45) is 0 Å². The molecule has 1 rings (SSSR count). The van der Waals surface area contributed by atoms with Crippen LogP contribution >= 0.6 is 0 Å². The van der Waals surface area contributed by atoms with Gasteiger partial charge in [-0.1, -0.05) is 43.3 Å². The lowest BCUT2D eigenvalue weighted by Crippen LogP contribution is -2.33. The van der Waals surface area contributed by atoms with Gasteiger partial charge in [-0.25, -0.2) is 0 Å². The fourth-order valence-electron chi connectivity index (χ4n) is 1.68. The molecule has 0 heterocycles. The fourth-order valence-corrected chi connectivity index (χ4v) is 1.68. The number of hydrogen-bond donors (Lipinski definition) is 1. The van der Waals surface area contributed by atoms with Gasteiger partial charge in [-0.3, -0.25) is 0 Å². The Hall–Kier alpha value is -1.12. The maximum Gasteiger partial charge on any atom is 0.101 e. The molecule has 0 aliphatic rings. The van der Waals surface area contributed by atoms with Crippen LogP contribution in [-0.2, 0) is 4.74 Å². The molecule has 0 amide bonds. The summed E-state index contributed by atoms with van der Waals surface area (Å²) in [4.78, 5) is 0. The van der Waals surface area contributed by atoms with Crippen LogP contribution in [0.15, 0.2) is 43.0 Å². The molecule has 0 radical (unpaired) electrons. The third-order valence-corrected chi connectivity index (χ3v) is 2.40. The summed E-state index contributed by atoms with van der Waals surface area (Å²) in [5.41, 5.74) is 1.17. The van der Waals surface area contributed by atoms with E-state index in [0.717, 1.165) is 6.54 Å². The maximum atomic E-state index is 5.51. The Kier molecular flexibility index (Phi) is 5.08. The van der Waals surface area contributed by atoms with E-state index in [1.807, 2.05) is 24.3 Å². The van der Waals surface area contributed by atoms with Crippen LogP contribution in [0, 0.1) is 0 Å². The lowest BCUT2D eigenvalue weighted by atomic mass is 10.0. The number of likely N-dealkylation sites (N-methyl/N-ethyl adjacent to an activating group) is 1. The second-order valence-electron chi connectivity index (χ2n) is 3.39. The zero-order chi connectivity index (χ0) is 11.1. The molecule has 0 aliphatic carbocycles. The second-order valence-corrected chi connectivity index (χ2v) is 3.39. The van der Waals surface area contributed by atoms with Crippen LogP contribution in [0.3, 0.4) is 0 Å². The first-order chi connectivity index (χ1) is 7.33. The Morgan fingerprint density at radius 2 is 2.07 bits per heavy atom. The number of hydrogen-bond acceptors (Lipinski definition) is 2. The first-order valence-corrected chi connectivity index (χ1v) is 5.27. The molecule has 1 aromatic carbocycles. The highest BCUT2D eigenvalue weighted by Crippen LogP contribution is 2.20. The molecular weight excluding hydrogens is 186 g/mol. The van der Waals surface area contributed by atoms with Gasteiger partial charge in [-0.15, -0.1) is 6.58 Å². The predicted octanol–water partition coefficient (Wildman–Crippen LogP) is 2.54. The average Bonchev–Trinajstić information content (AvgIpc) is 2.30. The van der Waals surface area contributed by atoms with Crippen LogP contribution in [-0.4, -0.2) is 19.7 Å². The number of benzene rings is 1. The molecule has 15 heavy (non-hydrogen) atoms. The van der Waals surface area contributed by atoms with Gasteiger partial charge in [0.05, 0.1) is 6.04 Å². The van der Waals surface area contributed by atoms with Gasteiger partial charge in [0.25, 0.3) is 0 Å². The summed E-state index contributed by atoms with van der Waals surface area (Å²) >= 11 is 0. The maximum absolute atomic E-state index is 5.51. The van der Waals surface area contributed by atoms with Gasteiger partial charge in [0.2, 0.25) is 0 Å². The minimum absolute atomic E-state index is 0.0312. The van der Waals surface area contributed by atoms with Crippen LogP contribution in [0.5, 0.6) is 0 Å². The molecular formula is C13H19NO. The summed E-state index contributed by atoms with van der Waals surface area (Å²) in [6.45, 7) is 6.82. The van der Waals surface area contributed by atoms with Gasteiger partial charge >= 0.3 is 0 Å². The van der Waals surface area contributed by atoms with E-state index in [1.54, 1.807) is 7.11 Å². The third kappa shape index (κ3) is 3.18. The van der Waals surface area contributed by atoms with Crippen LogP contribution in [0.4, 0.5) is 0 Å². The summed E-state index contributed by atoms with van der Waals surface area (Å²) in [6.07, 6.45) is 1.92. The zero-order valence-corrected chi connectivity index (χ0v) is 9.44. The van der Waals surface area contributed by atoms with E-state index in [2.05, 4.69) is 31.0 Å². The van der Waals surface area contributed by atoms with Crippen molar-refractivity contribution in [3.63, 3.8) is 0 Å². The van der Waals surface area contributed by atoms with Crippen LogP contribution in [0.1, 0.15) is 18.6 Å². The molecule has 82 valence electrons. The van der Waals surface area contributed by atoms with Crippen molar-refractivity contribution in [3.8, 4) is 0 Å².